The van der Waals surface area contributed by atoms with Gasteiger partial charge in [0.05, 0.1) is 13.2 Å². The van der Waals surface area contributed by atoms with Crippen LogP contribution in [-0.4, -0.2) is 42.1 Å². The van der Waals surface area contributed by atoms with Crippen LogP contribution in [0.25, 0.3) is 10.6 Å². The molecule has 0 saturated carbocycles. The van der Waals surface area contributed by atoms with Gasteiger partial charge < -0.3 is 14.4 Å². The maximum atomic E-state index is 12.9. The Kier molecular flexibility index (Phi) is 5.64. The van der Waals surface area contributed by atoms with E-state index >= 15 is 0 Å². The Labute approximate surface area is 166 Å². The molecule has 1 saturated heterocycles. The van der Waals surface area contributed by atoms with Crippen molar-refractivity contribution in [2.45, 2.75) is 6.61 Å². The van der Waals surface area contributed by atoms with E-state index < -0.39 is 0 Å². The van der Waals surface area contributed by atoms with Crippen molar-refractivity contribution < 1.29 is 18.7 Å². The summed E-state index contributed by atoms with van der Waals surface area (Å²) in [4.78, 5) is 18.8. The molecule has 1 aliphatic rings. The number of amides is 1. The Balaban J connectivity index is 1.39. The van der Waals surface area contributed by atoms with Gasteiger partial charge in [0, 0.05) is 24.0 Å². The number of thiazole rings is 1. The van der Waals surface area contributed by atoms with Gasteiger partial charge in [0.2, 0.25) is 0 Å². The summed E-state index contributed by atoms with van der Waals surface area (Å²) in [5.74, 6) is 0.405. The van der Waals surface area contributed by atoms with Gasteiger partial charge in [-0.05, 0) is 42.0 Å². The third-order valence-corrected chi connectivity index (χ3v) is 5.33. The van der Waals surface area contributed by atoms with Crippen molar-refractivity contribution in [1.29, 1.82) is 0 Å². The lowest BCUT2D eigenvalue weighted by Crippen LogP contribution is -2.40. The topological polar surface area (TPSA) is 51.7 Å². The largest absolute Gasteiger partial charge is 0.489 e. The monoisotopic (exact) mass is 398 g/mol. The molecule has 2 aromatic carbocycles. The number of nitrogens with zero attached hydrogens (tertiary/aromatic N) is 2. The molecular formula is C21H19FN2O3S. The fourth-order valence-corrected chi connectivity index (χ4v) is 3.67. The van der Waals surface area contributed by atoms with Gasteiger partial charge in [-0.3, -0.25) is 4.79 Å². The Hall–Kier alpha value is -2.77. The first-order valence-electron chi connectivity index (χ1n) is 8.99. The molecule has 4 rings (SSSR count). The van der Waals surface area contributed by atoms with E-state index in [2.05, 4.69) is 4.98 Å². The second-order valence-electron chi connectivity index (χ2n) is 6.38. The number of morpholine rings is 1. The van der Waals surface area contributed by atoms with Crippen molar-refractivity contribution in [2.75, 3.05) is 26.3 Å². The highest BCUT2D eigenvalue weighted by atomic mass is 32.1. The van der Waals surface area contributed by atoms with Gasteiger partial charge in [0.25, 0.3) is 5.91 Å². The van der Waals surface area contributed by atoms with Crippen molar-refractivity contribution in [3.8, 4) is 16.3 Å². The molecule has 7 heteroatoms. The zero-order valence-electron chi connectivity index (χ0n) is 15.1. The lowest BCUT2D eigenvalue weighted by Gasteiger charge is -2.25. The smallest absolute Gasteiger partial charge is 0.273 e. The van der Waals surface area contributed by atoms with Crippen molar-refractivity contribution in [2.24, 2.45) is 0 Å². The number of hydrogen-bond acceptors (Lipinski definition) is 5. The molecular weight excluding hydrogens is 379 g/mol. The number of halogens is 1. The molecule has 0 radical (unpaired) electrons. The number of ether oxygens (including phenoxy) is 2. The molecule has 28 heavy (non-hydrogen) atoms. The van der Waals surface area contributed by atoms with Gasteiger partial charge in [-0.25, -0.2) is 9.37 Å². The Morgan fingerprint density at radius 1 is 1.11 bits per heavy atom. The summed E-state index contributed by atoms with van der Waals surface area (Å²) in [6.07, 6.45) is 0. The number of carbonyl (C=O) groups is 1. The molecule has 1 amide bonds. The van der Waals surface area contributed by atoms with E-state index in [1.54, 1.807) is 22.4 Å². The van der Waals surface area contributed by atoms with Crippen LogP contribution in [-0.2, 0) is 11.3 Å². The molecule has 0 spiro atoms. The molecule has 0 unspecified atom stereocenters. The Morgan fingerprint density at radius 3 is 2.54 bits per heavy atom. The molecule has 144 valence electrons. The first-order valence-corrected chi connectivity index (χ1v) is 9.87. The summed E-state index contributed by atoms with van der Waals surface area (Å²) in [5, 5.41) is 2.59. The Bertz CT molecular complexity index is 935. The standard InChI is InChI=1S/C21H19FN2O3S/c22-17-5-1-15(2-6-17)13-27-18-7-3-16(4-8-18)20-23-19(14-28-20)21(25)24-9-11-26-12-10-24/h1-8,14H,9-13H2. The van der Waals surface area contributed by atoms with E-state index in [-0.39, 0.29) is 11.7 Å². The first-order chi connectivity index (χ1) is 13.7. The second-order valence-corrected chi connectivity index (χ2v) is 7.24. The van der Waals surface area contributed by atoms with Crippen LogP contribution >= 0.6 is 11.3 Å². The van der Waals surface area contributed by atoms with Crippen molar-refractivity contribution in [3.63, 3.8) is 0 Å². The molecule has 1 aromatic heterocycles. The molecule has 5 nitrogen and oxygen atoms in total. The average molecular weight is 398 g/mol. The number of hydrogen-bond donors (Lipinski definition) is 0. The second kappa shape index (κ2) is 8.50. The van der Waals surface area contributed by atoms with Crippen LogP contribution < -0.4 is 4.74 Å². The van der Waals surface area contributed by atoms with E-state index in [4.69, 9.17) is 9.47 Å². The summed E-state index contributed by atoms with van der Waals surface area (Å²) in [5.41, 5.74) is 2.30. The average Bonchev–Trinajstić information content (AvgIpc) is 3.24. The maximum absolute atomic E-state index is 12.9. The van der Waals surface area contributed by atoms with E-state index in [1.807, 2.05) is 24.3 Å². The van der Waals surface area contributed by atoms with Gasteiger partial charge in [-0.2, -0.15) is 0 Å². The fraction of sp³-hybridized carbons (Fsp3) is 0.238. The zero-order valence-corrected chi connectivity index (χ0v) is 16.0. The predicted molar refractivity (Wildman–Crippen MR) is 105 cm³/mol. The quantitative estimate of drug-likeness (QED) is 0.652. The number of benzene rings is 2. The van der Waals surface area contributed by atoms with Crippen LogP contribution in [0.4, 0.5) is 4.39 Å². The van der Waals surface area contributed by atoms with Gasteiger partial charge in [0.15, 0.2) is 0 Å². The van der Waals surface area contributed by atoms with Crippen LogP contribution in [0, 0.1) is 5.82 Å². The molecule has 1 fully saturated rings. The molecule has 0 bridgehead atoms. The third kappa shape index (κ3) is 4.37. The van der Waals surface area contributed by atoms with Gasteiger partial charge in [-0.1, -0.05) is 12.1 Å². The van der Waals surface area contributed by atoms with Gasteiger partial charge in [-0.15, -0.1) is 11.3 Å². The third-order valence-electron chi connectivity index (χ3n) is 4.44. The molecule has 1 aliphatic heterocycles. The van der Waals surface area contributed by atoms with E-state index in [0.29, 0.717) is 44.4 Å². The molecule has 3 aromatic rings. The normalized spacial score (nSPS) is 14.1. The summed E-state index contributed by atoms with van der Waals surface area (Å²) < 4.78 is 24.0. The maximum Gasteiger partial charge on any atom is 0.273 e. The summed E-state index contributed by atoms with van der Waals surface area (Å²) >= 11 is 1.45. The number of aromatic nitrogens is 1. The molecule has 0 aliphatic carbocycles. The van der Waals surface area contributed by atoms with Crippen LogP contribution in [0.2, 0.25) is 0 Å². The fourth-order valence-electron chi connectivity index (χ4n) is 2.87. The van der Waals surface area contributed by atoms with E-state index in [1.165, 1.54) is 23.5 Å². The lowest BCUT2D eigenvalue weighted by atomic mass is 10.2. The minimum Gasteiger partial charge on any atom is -0.489 e. The minimum atomic E-state index is -0.261. The lowest BCUT2D eigenvalue weighted by molar-refractivity contribution is 0.0299. The van der Waals surface area contributed by atoms with E-state index in [0.717, 1.165) is 16.1 Å². The summed E-state index contributed by atoms with van der Waals surface area (Å²) in [7, 11) is 0. The van der Waals surface area contributed by atoms with Gasteiger partial charge in [0.1, 0.15) is 28.9 Å². The highest BCUT2D eigenvalue weighted by molar-refractivity contribution is 7.13. The number of rotatable bonds is 5. The molecule has 0 atom stereocenters. The highest BCUT2D eigenvalue weighted by Crippen LogP contribution is 2.26. The highest BCUT2D eigenvalue weighted by Gasteiger charge is 2.21. The first kappa shape index (κ1) is 18.6. The van der Waals surface area contributed by atoms with Crippen molar-refractivity contribution in [1.82, 2.24) is 9.88 Å². The minimum absolute atomic E-state index is 0.0509. The summed E-state index contributed by atoms with van der Waals surface area (Å²) in [6.45, 7) is 2.72. The number of carbonyl (C=O) groups excluding carboxylic acids is 1. The SMILES string of the molecule is O=C(c1csc(-c2ccc(OCc3ccc(F)cc3)cc2)n1)N1CCOCC1. The molecule has 0 N–H and O–H groups in total. The molecule has 2 heterocycles. The van der Waals surface area contributed by atoms with Crippen molar-refractivity contribution >= 4 is 17.2 Å². The van der Waals surface area contributed by atoms with Crippen LogP contribution in [0.5, 0.6) is 5.75 Å². The van der Waals surface area contributed by atoms with Crippen LogP contribution in [0.15, 0.2) is 53.9 Å². The van der Waals surface area contributed by atoms with Gasteiger partial charge >= 0.3 is 0 Å². The zero-order chi connectivity index (χ0) is 19.3. The van der Waals surface area contributed by atoms with Crippen LogP contribution in [0.3, 0.4) is 0 Å². The predicted octanol–water partition coefficient (Wildman–Crippen LogP) is 4.00. The Morgan fingerprint density at radius 2 is 1.82 bits per heavy atom. The van der Waals surface area contributed by atoms with E-state index in [9.17, 15) is 9.18 Å². The summed E-state index contributed by atoms with van der Waals surface area (Å²) in [6, 6.07) is 13.8. The van der Waals surface area contributed by atoms with Crippen molar-refractivity contribution in [3.05, 3.63) is 71.0 Å². The van der Waals surface area contributed by atoms with Crippen LogP contribution in [0.1, 0.15) is 16.1 Å².